The van der Waals surface area contributed by atoms with Crippen LogP contribution in [0.15, 0.2) is 72.8 Å². The zero-order valence-corrected chi connectivity index (χ0v) is 26.4. The molecule has 9 nitrogen and oxygen atoms in total. The molecule has 3 N–H and O–H groups in total. The molecule has 2 heterocycles. The number of ether oxygens (including phenoxy) is 2. The minimum Gasteiger partial charge on any atom is -0.480 e. The first kappa shape index (κ1) is 34.2. The molecule has 2 aliphatic rings. The summed E-state index contributed by atoms with van der Waals surface area (Å²) < 4.78 is 38.4. The number of hydrogen-bond acceptors (Lipinski definition) is 6. The van der Waals surface area contributed by atoms with Crippen LogP contribution in [0.2, 0.25) is 0 Å². The lowest BCUT2D eigenvalue weighted by atomic mass is 9.78. The number of carboxylic acids is 1. The summed E-state index contributed by atoms with van der Waals surface area (Å²) in [5, 5.41) is 22.6. The number of aliphatic carboxylic acids is 1. The lowest BCUT2D eigenvalue weighted by Crippen LogP contribution is -2.55. The fourth-order valence-corrected chi connectivity index (χ4v) is 6.12. The van der Waals surface area contributed by atoms with Gasteiger partial charge in [-0.1, -0.05) is 50.2 Å². The first-order chi connectivity index (χ1) is 22.5. The Balaban J connectivity index is 1.23. The maximum absolute atomic E-state index is 13.7. The molecule has 250 valence electrons. The second kappa shape index (κ2) is 14.7. The number of halogens is 2. The van der Waals surface area contributed by atoms with Gasteiger partial charge in [0.1, 0.15) is 29.9 Å². The number of aryl methyl sites for hydroxylation is 1. The van der Waals surface area contributed by atoms with Crippen LogP contribution in [0.4, 0.5) is 14.5 Å². The Hall–Kier alpha value is -4.19. The van der Waals surface area contributed by atoms with E-state index in [2.05, 4.69) is 5.32 Å². The van der Waals surface area contributed by atoms with Gasteiger partial charge >= 0.3 is 5.97 Å². The van der Waals surface area contributed by atoms with Gasteiger partial charge in [-0.2, -0.15) is 0 Å². The lowest BCUT2D eigenvalue weighted by molar-refractivity contribution is -0.212. The highest BCUT2D eigenvalue weighted by Crippen LogP contribution is 2.46. The zero-order valence-electron chi connectivity index (χ0n) is 26.4. The van der Waals surface area contributed by atoms with Crippen LogP contribution in [-0.4, -0.2) is 59.5 Å². The minimum absolute atomic E-state index is 0.117. The van der Waals surface area contributed by atoms with Crippen LogP contribution in [-0.2, 0) is 30.3 Å². The van der Waals surface area contributed by atoms with E-state index in [0.717, 1.165) is 11.1 Å². The van der Waals surface area contributed by atoms with Crippen molar-refractivity contribution in [2.45, 2.75) is 63.3 Å². The Morgan fingerprint density at radius 2 is 1.62 bits per heavy atom. The summed E-state index contributed by atoms with van der Waals surface area (Å²) in [7, 11) is 0. The van der Waals surface area contributed by atoms with Crippen molar-refractivity contribution < 1.29 is 42.9 Å². The smallest absolute Gasteiger partial charge is 0.326 e. The number of aliphatic hydroxyl groups is 1. The molecule has 47 heavy (non-hydrogen) atoms. The summed E-state index contributed by atoms with van der Waals surface area (Å²) in [6, 6.07) is 18.0. The number of rotatable bonds is 15. The number of anilines is 1. The summed E-state index contributed by atoms with van der Waals surface area (Å²) in [5.41, 5.74) is 2.42. The molecular formula is C36H40F2N2O7. The number of aliphatic hydroxyl groups excluding tert-OH is 1. The van der Waals surface area contributed by atoms with Crippen molar-refractivity contribution in [1.29, 1.82) is 0 Å². The van der Waals surface area contributed by atoms with Crippen LogP contribution >= 0.6 is 0 Å². The molecule has 0 aromatic heterocycles. The van der Waals surface area contributed by atoms with Crippen molar-refractivity contribution in [3.05, 3.63) is 101 Å². The Kier molecular flexibility index (Phi) is 10.7. The van der Waals surface area contributed by atoms with E-state index in [1.54, 1.807) is 30.9 Å². The summed E-state index contributed by atoms with van der Waals surface area (Å²) in [4.78, 5) is 38.9. The third kappa shape index (κ3) is 8.04. The molecule has 3 aromatic carbocycles. The maximum atomic E-state index is 13.7. The number of carbonyl (C=O) groups excluding carboxylic acids is 2. The zero-order chi connectivity index (χ0) is 33.7. The molecule has 0 saturated carbocycles. The normalized spacial score (nSPS) is 19.9. The summed E-state index contributed by atoms with van der Waals surface area (Å²) in [6.45, 7) is 3.82. The molecule has 5 rings (SSSR count). The van der Waals surface area contributed by atoms with E-state index < -0.39 is 47.2 Å². The number of amides is 2. The molecule has 2 saturated heterocycles. The Morgan fingerprint density at radius 1 is 1.00 bits per heavy atom. The molecule has 3 unspecified atom stereocenters. The van der Waals surface area contributed by atoms with Gasteiger partial charge < -0.3 is 29.9 Å². The summed E-state index contributed by atoms with van der Waals surface area (Å²) in [6.07, 6.45) is 1.08. The molecule has 2 aliphatic heterocycles. The van der Waals surface area contributed by atoms with Crippen LogP contribution < -0.4 is 10.2 Å². The second-order valence-electron chi connectivity index (χ2n) is 12.7. The average molecular weight is 651 g/mol. The average Bonchev–Trinajstić information content (AvgIpc) is 3.03. The third-order valence-electron chi connectivity index (χ3n) is 9.00. The number of β-lactam (4-membered cyclic amide) rings is 1. The van der Waals surface area contributed by atoms with Gasteiger partial charge in [-0.15, -0.1) is 0 Å². The minimum atomic E-state index is -1.10. The molecule has 0 bridgehead atoms. The first-order valence-electron chi connectivity index (χ1n) is 15.8. The number of nitrogens with one attached hydrogen (secondary N) is 1. The fraction of sp³-hybridized carbons (Fsp3) is 0.417. The Bertz CT molecular complexity index is 1540. The van der Waals surface area contributed by atoms with Crippen molar-refractivity contribution in [2.75, 3.05) is 24.7 Å². The number of benzene rings is 3. The third-order valence-corrected chi connectivity index (χ3v) is 9.00. The highest BCUT2D eigenvalue weighted by atomic mass is 19.1. The van der Waals surface area contributed by atoms with Crippen LogP contribution in [0, 0.1) is 23.5 Å². The fourth-order valence-electron chi connectivity index (χ4n) is 6.12. The standard InChI is InChI=1S/C36H40F2N2O7/c1-22(2)32(35(44)45)39-31(42)19-47-36(20-46-21-36)18-17-23-3-5-25(6-4-23)33-29(15-16-30(41)24-7-9-26(37)10-8-24)34(43)40(33)28-13-11-27(38)12-14-28/h3-14,22,29-30,32-33,41H,15-21H2,1-2H3,(H,39,42)(H,44,45)/t29-,30?,32?,33?/m1/s1. The largest absolute Gasteiger partial charge is 0.480 e. The number of nitrogens with zero attached hydrogens (tertiary/aromatic N) is 1. The van der Waals surface area contributed by atoms with E-state index in [4.69, 9.17) is 9.47 Å². The molecule has 2 amide bonds. The second-order valence-corrected chi connectivity index (χ2v) is 12.7. The highest BCUT2D eigenvalue weighted by Gasteiger charge is 2.48. The van der Waals surface area contributed by atoms with Crippen molar-refractivity contribution in [3.63, 3.8) is 0 Å². The molecule has 0 spiro atoms. The van der Waals surface area contributed by atoms with E-state index in [0.29, 0.717) is 50.1 Å². The molecule has 11 heteroatoms. The van der Waals surface area contributed by atoms with Crippen molar-refractivity contribution in [2.24, 2.45) is 11.8 Å². The molecule has 2 fully saturated rings. The van der Waals surface area contributed by atoms with E-state index in [9.17, 15) is 33.4 Å². The van der Waals surface area contributed by atoms with Crippen LogP contribution in [0.1, 0.15) is 61.9 Å². The van der Waals surface area contributed by atoms with E-state index in [-0.39, 0.29) is 24.5 Å². The van der Waals surface area contributed by atoms with Gasteiger partial charge in [0, 0.05) is 5.69 Å². The Labute approximate surface area is 272 Å². The monoisotopic (exact) mass is 650 g/mol. The van der Waals surface area contributed by atoms with Crippen molar-refractivity contribution in [1.82, 2.24) is 5.32 Å². The Morgan fingerprint density at radius 3 is 2.17 bits per heavy atom. The highest BCUT2D eigenvalue weighted by molar-refractivity contribution is 6.03. The van der Waals surface area contributed by atoms with Gasteiger partial charge in [-0.05, 0) is 84.7 Å². The molecule has 3 aromatic rings. The van der Waals surface area contributed by atoms with E-state index >= 15 is 0 Å². The van der Waals surface area contributed by atoms with Crippen molar-refractivity contribution in [3.8, 4) is 0 Å². The topological polar surface area (TPSA) is 125 Å². The van der Waals surface area contributed by atoms with Gasteiger partial charge in [-0.3, -0.25) is 9.59 Å². The summed E-state index contributed by atoms with van der Waals surface area (Å²) in [5.74, 6) is -3.19. The van der Waals surface area contributed by atoms with Crippen LogP contribution in [0.25, 0.3) is 0 Å². The number of carboxylic acid groups (broad SMARTS) is 1. The van der Waals surface area contributed by atoms with Gasteiger partial charge in [0.05, 0.1) is 31.3 Å². The molecular weight excluding hydrogens is 610 g/mol. The van der Waals surface area contributed by atoms with Crippen LogP contribution in [0.3, 0.4) is 0 Å². The lowest BCUT2D eigenvalue weighted by Gasteiger charge is -2.48. The number of carbonyl (C=O) groups is 3. The maximum Gasteiger partial charge on any atom is 0.326 e. The summed E-state index contributed by atoms with van der Waals surface area (Å²) >= 11 is 0. The van der Waals surface area contributed by atoms with E-state index in [1.807, 2.05) is 24.3 Å². The number of hydrogen-bond donors (Lipinski definition) is 3. The van der Waals surface area contributed by atoms with Gasteiger partial charge in [0.15, 0.2) is 0 Å². The van der Waals surface area contributed by atoms with Crippen LogP contribution in [0.5, 0.6) is 0 Å². The predicted molar refractivity (Wildman–Crippen MR) is 169 cm³/mol. The molecule has 0 radical (unpaired) electrons. The predicted octanol–water partition coefficient (Wildman–Crippen LogP) is 5.13. The molecule has 4 atom stereocenters. The first-order valence-corrected chi connectivity index (χ1v) is 15.8. The quantitative estimate of drug-likeness (QED) is 0.195. The van der Waals surface area contributed by atoms with Gasteiger partial charge in [-0.25, -0.2) is 13.6 Å². The van der Waals surface area contributed by atoms with E-state index in [1.165, 1.54) is 36.4 Å². The molecule has 0 aliphatic carbocycles. The van der Waals surface area contributed by atoms with Crippen molar-refractivity contribution >= 4 is 23.5 Å². The SMILES string of the molecule is CC(C)C(NC(=O)COC1(CCc2ccc(C3[C@@H](CCC(O)c4ccc(F)cc4)C(=O)N3c3ccc(F)cc3)cc2)COC1)C(=O)O. The van der Waals surface area contributed by atoms with Gasteiger partial charge in [0.25, 0.3) is 0 Å². The van der Waals surface area contributed by atoms with Gasteiger partial charge in [0.2, 0.25) is 11.8 Å².